The standard InChI is InChI=1S/C21H21N3O7S/c1-3-11-4-12-16(30-7-13(19(12)27)20-23-10(2)9-32-20)6-15(11)31-8-18(26)24-14(21(28)29)5-17(22)25/h4,6-7,9,14H,3,5,8H2,1-2H3,(H2,22,25)(H,24,26)(H,28,29)/t14-/m0/s1. The van der Waals surface area contributed by atoms with Gasteiger partial charge in [-0.3, -0.25) is 14.4 Å². The highest BCUT2D eigenvalue weighted by Gasteiger charge is 2.22. The van der Waals surface area contributed by atoms with Crippen LogP contribution in [0, 0.1) is 6.92 Å². The molecule has 2 aromatic heterocycles. The maximum absolute atomic E-state index is 13.0. The van der Waals surface area contributed by atoms with Crippen molar-refractivity contribution in [3.8, 4) is 16.3 Å². The van der Waals surface area contributed by atoms with Crippen LogP contribution in [0.5, 0.6) is 5.75 Å². The van der Waals surface area contributed by atoms with E-state index in [-0.39, 0.29) is 11.0 Å². The summed E-state index contributed by atoms with van der Waals surface area (Å²) >= 11 is 1.35. The summed E-state index contributed by atoms with van der Waals surface area (Å²) in [7, 11) is 0. The van der Waals surface area contributed by atoms with Crippen LogP contribution in [0.3, 0.4) is 0 Å². The molecule has 2 heterocycles. The maximum atomic E-state index is 13.0. The number of aryl methyl sites for hydroxylation is 2. The average molecular weight is 459 g/mol. The minimum Gasteiger partial charge on any atom is -0.483 e. The van der Waals surface area contributed by atoms with Gasteiger partial charge in [0.2, 0.25) is 11.3 Å². The van der Waals surface area contributed by atoms with Crippen LogP contribution in [0.4, 0.5) is 0 Å². The van der Waals surface area contributed by atoms with Crippen LogP contribution in [0.15, 0.2) is 33.0 Å². The fourth-order valence-corrected chi connectivity index (χ4v) is 3.82. The lowest BCUT2D eigenvalue weighted by molar-refractivity contribution is -0.143. The van der Waals surface area contributed by atoms with Gasteiger partial charge in [0.1, 0.15) is 28.6 Å². The summed E-state index contributed by atoms with van der Waals surface area (Å²) in [4.78, 5) is 51.5. The summed E-state index contributed by atoms with van der Waals surface area (Å²) in [5.41, 5.74) is 6.88. The molecule has 0 aliphatic carbocycles. The van der Waals surface area contributed by atoms with Gasteiger partial charge in [0, 0.05) is 17.1 Å². The molecule has 3 rings (SSSR count). The number of carbonyl (C=O) groups is 3. The van der Waals surface area contributed by atoms with Crippen LogP contribution in [0.25, 0.3) is 21.5 Å². The van der Waals surface area contributed by atoms with E-state index in [0.29, 0.717) is 33.7 Å². The first-order valence-corrected chi connectivity index (χ1v) is 10.5. The monoisotopic (exact) mass is 459 g/mol. The smallest absolute Gasteiger partial charge is 0.326 e. The number of aromatic nitrogens is 1. The van der Waals surface area contributed by atoms with Gasteiger partial charge >= 0.3 is 5.97 Å². The molecular weight excluding hydrogens is 438 g/mol. The van der Waals surface area contributed by atoms with Crippen LogP contribution in [0.1, 0.15) is 24.6 Å². The molecule has 0 saturated carbocycles. The molecule has 168 valence electrons. The maximum Gasteiger partial charge on any atom is 0.326 e. The van der Waals surface area contributed by atoms with Crippen molar-refractivity contribution < 1.29 is 28.6 Å². The first-order valence-electron chi connectivity index (χ1n) is 9.63. The Bertz CT molecular complexity index is 1250. The van der Waals surface area contributed by atoms with Crippen LogP contribution in [0.2, 0.25) is 0 Å². The highest BCUT2D eigenvalue weighted by atomic mass is 32.1. The fraction of sp³-hybridized carbons (Fsp3) is 0.286. The van der Waals surface area contributed by atoms with Crippen molar-refractivity contribution in [2.45, 2.75) is 32.7 Å². The van der Waals surface area contributed by atoms with Crippen molar-refractivity contribution in [3.05, 3.63) is 45.3 Å². The molecule has 0 bridgehead atoms. The van der Waals surface area contributed by atoms with Gasteiger partial charge in [-0.05, 0) is 25.0 Å². The number of hydrogen-bond donors (Lipinski definition) is 3. The number of nitrogens with two attached hydrogens (primary N) is 1. The molecule has 0 spiro atoms. The van der Waals surface area contributed by atoms with Gasteiger partial charge in [0.05, 0.1) is 17.4 Å². The van der Waals surface area contributed by atoms with E-state index in [0.717, 1.165) is 5.69 Å². The number of fused-ring (bicyclic) bond motifs is 1. The predicted molar refractivity (Wildman–Crippen MR) is 117 cm³/mol. The van der Waals surface area contributed by atoms with E-state index in [1.807, 2.05) is 19.2 Å². The Balaban J connectivity index is 1.83. The lowest BCUT2D eigenvalue weighted by Crippen LogP contribution is -2.45. The molecule has 0 radical (unpaired) electrons. The lowest BCUT2D eigenvalue weighted by atomic mass is 10.1. The highest BCUT2D eigenvalue weighted by Crippen LogP contribution is 2.28. The normalized spacial score (nSPS) is 11.8. The van der Waals surface area contributed by atoms with Crippen LogP contribution in [-0.4, -0.2) is 40.5 Å². The summed E-state index contributed by atoms with van der Waals surface area (Å²) in [6, 6.07) is 1.71. The molecule has 0 fully saturated rings. The Kier molecular flexibility index (Phi) is 6.89. The summed E-state index contributed by atoms with van der Waals surface area (Å²) in [6.07, 6.45) is 1.31. The van der Waals surface area contributed by atoms with Crippen LogP contribution >= 0.6 is 11.3 Å². The molecule has 11 heteroatoms. The summed E-state index contributed by atoms with van der Waals surface area (Å²) in [5.74, 6) is -2.66. The molecule has 1 aromatic carbocycles. The number of benzene rings is 1. The predicted octanol–water partition coefficient (Wildman–Crippen LogP) is 1.61. The third-order valence-electron chi connectivity index (χ3n) is 4.58. The largest absolute Gasteiger partial charge is 0.483 e. The lowest BCUT2D eigenvalue weighted by Gasteiger charge is -2.15. The van der Waals surface area contributed by atoms with Gasteiger partial charge in [-0.25, -0.2) is 9.78 Å². The van der Waals surface area contributed by atoms with E-state index in [9.17, 15) is 19.2 Å². The third-order valence-corrected chi connectivity index (χ3v) is 5.58. The Hall–Kier alpha value is -3.73. The number of carboxylic acids is 1. The molecule has 3 aromatic rings. The molecule has 4 N–H and O–H groups in total. The number of aliphatic carboxylic acids is 1. The van der Waals surface area contributed by atoms with Gasteiger partial charge in [0.25, 0.3) is 5.91 Å². The number of carbonyl (C=O) groups excluding carboxylic acids is 2. The second kappa shape index (κ2) is 9.60. The third kappa shape index (κ3) is 5.11. The van der Waals surface area contributed by atoms with Crippen LogP contribution in [-0.2, 0) is 20.8 Å². The molecular formula is C21H21N3O7S. The summed E-state index contributed by atoms with van der Waals surface area (Å²) in [5, 5.41) is 14.0. The van der Waals surface area contributed by atoms with Gasteiger partial charge in [-0.1, -0.05) is 6.92 Å². The molecule has 0 saturated heterocycles. The van der Waals surface area contributed by atoms with Crippen molar-refractivity contribution in [1.29, 1.82) is 0 Å². The van der Waals surface area contributed by atoms with E-state index in [4.69, 9.17) is 20.0 Å². The number of hydrogen-bond acceptors (Lipinski definition) is 8. The van der Waals surface area contributed by atoms with Crippen molar-refractivity contribution in [3.63, 3.8) is 0 Å². The SMILES string of the molecule is CCc1cc2c(=O)c(-c3nc(C)cs3)coc2cc1OCC(=O)N[C@@H](CC(N)=O)C(=O)O. The molecule has 0 aliphatic rings. The molecule has 32 heavy (non-hydrogen) atoms. The zero-order valence-corrected chi connectivity index (χ0v) is 18.2. The van der Waals surface area contributed by atoms with Crippen molar-refractivity contribution in [2.75, 3.05) is 6.61 Å². The summed E-state index contributed by atoms with van der Waals surface area (Å²) < 4.78 is 11.2. The Morgan fingerprint density at radius 1 is 1.34 bits per heavy atom. The molecule has 10 nitrogen and oxygen atoms in total. The van der Waals surface area contributed by atoms with Crippen molar-refractivity contribution in [2.24, 2.45) is 5.73 Å². The number of amides is 2. The zero-order valence-electron chi connectivity index (χ0n) is 17.3. The number of nitrogens with one attached hydrogen (secondary N) is 1. The second-order valence-electron chi connectivity index (χ2n) is 7.00. The quantitative estimate of drug-likeness (QED) is 0.435. The number of ether oxygens (including phenoxy) is 1. The van der Waals surface area contributed by atoms with Gasteiger partial charge in [-0.2, -0.15) is 0 Å². The van der Waals surface area contributed by atoms with E-state index in [1.54, 1.807) is 6.07 Å². The zero-order chi connectivity index (χ0) is 23.4. The van der Waals surface area contributed by atoms with E-state index in [1.165, 1.54) is 23.7 Å². The van der Waals surface area contributed by atoms with E-state index in [2.05, 4.69) is 10.3 Å². The molecule has 0 unspecified atom stereocenters. The second-order valence-corrected chi connectivity index (χ2v) is 7.86. The number of primary amides is 1. The fourth-order valence-electron chi connectivity index (χ4n) is 3.02. The first kappa shape index (κ1) is 22.9. The Morgan fingerprint density at radius 2 is 2.09 bits per heavy atom. The van der Waals surface area contributed by atoms with Crippen molar-refractivity contribution >= 4 is 40.1 Å². The highest BCUT2D eigenvalue weighted by molar-refractivity contribution is 7.13. The van der Waals surface area contributed by atoms with Crippen molar-refractivity contribution in [1.82, 2.24) is 10.3 Å². The van der Waals surface area contributed by atoms with E-state index >= 15 is 0 Å². The Morgan fingerprint density at radius 3 is 2.69 bits per heavy atom. The first-order chi connectivity index (χ1) is 15.2. The molecule has 0 aliphatic heterocycles. The average Bonchev–Trinajstić information content (AvgIpc) is 3.17. The van der Waals surface area contributed by atoms with Gasteiger partial charge < -0.3 is 25.3 Å². The van der Waals surface area contributed by atoms with Gasteiger partial charge in [-0.15, -0.1) is 11.3 Å². The van der Waals surface area contributed by atoms with Gasteiger partial charge in [0.15, 0.2) is 6.61 Å². The summed E-state index contributed by atoms with van der Waals surface area (Å²) in [6.45, 7) is 3.20. The number of rotatable bonds is 9. The topological polar surface area (TPSA) is 162 Å². The minimum atomic E-state index is -1.45. The minimum absolute atomic E-state index is 0.227. The number of carboxylic acid groups (broad SMARTS) is 1. The Labute approximate surface area is 186 Å². The number of thiazole rings is 1. The number of nitrogens with zero attached hydrogens (tertiary/aromatic N) is 1. The molecule has 1 atom stereocenters. The van der Waals surface area contributed by atoms with E-state index < -0.39 is 36.9 Å². The molecule has 2 amide bonds. The van der Waals surface area contributed by atoms with Crippen LogP contribution < -0.4 is 21.2 Å².